The van der Waals surface area contributed by atoms with Gasteiger partial charge >= 0.3 is 0 Å². The van der Waals surface area contributed by atoms with Crippen LogP contribution in [-0.4, -0.2) is 52.7 Å². The van der Waals surface area contributed by atoms with Crippen LogP contribution in [0.3, 0.4) is 0 Å². The molecule has 5 nitrogen and oxygen atoms in total. The number of hydrogen-bond donors (Lipinski definition) is 0. The third-order valence-corrected chi connectivity index (χ3v) is 6.51. The molecule has 0 saturated heterocycles. The highest BCUT2D eigenvalue weighted by molar-refractivity contribution is 7.07. The van der Waals surface area contributed by atoms with Gasteiger partial charge in [0.25, 0.3) is 5.91 Å². The standard InChI is InChI=1S/C21H21ClN4OS/c22-17-3-1-15(2-4-17)12-26-20(27)18-13-24(11-16-6-10-28-14-16)8-5-19(18)25-9-7-23-21(25)26/h1-4,6,10,14H,5,7-9,11-13H2. The van der Waals surface area contributed by atoms with Gasteiger partial charge in [-0.1, -0.05) is 23.7 Å². The van der Waals surface area contributed by atoms with Gasteiger partial charge in [0.15, 0.2) is 0 Å². The van der Waals surface area contributed by atoms with E-state index in [0.29, 0.717) is 18.1 Å². The molecule has 0 unspecified atom stereocenters. The molecule has 1 aromatic heterocycles. The minimum absolute atomic E-state index is 0.0943. The van der Waals surface area contributed by atoms with Gasteiger partial charge in [0, 0.05) is 43.3 Å². The zero-order chi connectivity index (χ0) is 19.1. The van der Waals surface area contributed by atoms with Crippen molar-refractivity contribution in [1.82, 2.24) is 14.7 Å². The quantitative estimate of drug-likeness (QED) is 0.770. The van der Waals surface area contributed by atoms with Crippen molar-refractivity contribution in [3.8, 4) is 0 Å². The minimum Gasteiger partial charge on any atom is -0.314 e. The van der Waals surface area contributed by atoms with Gasteiger partial charge in [-0.25, -0.2) is 0 Å². The largest absolute Gasteiger partial charge is 0.314 e. The van der Waals surface area contributed by atoms with Crippen molar-refractivity contribution in [3.05, 3.63) is 68.5 Å². The second-order valence-corrected chi connectivity index (χ2v) is 8.59. The Morgan fingerprint density at radius 3 is 2.71 bits per heavy atom. The summed E-state index contributed by atoms with van der Waals surface area (Å²) in [4.78, 5) is 24.5. The van der Waals surface area contributed by atoms with Crippen LogP contribution in [0.5, 0.6) is 0 Å². The molecule has 0 N–H and O–H groups in total. The molecule has 7 heteroatoms. The number of guanidine groups is 1. The maximum Gasteiger partial charge on any atom is 0.259 e. The molecule has 1 aromatic carbocycles. The number of hydrogen-bond acceptors (Lipinski definition) is 5. The predicted molar refractivity (Wildman–Crippen MR) is 112 cm³/mol. The van der Waals surface area contributed by atoms with Crippen molar-refractivity contribution >= 4 is 34.8 Å². The smallest absolute Gasteiger partial charge is 0.259 e. The van der Waals surface area contributed by atoms with Crippen LogP contribution in [-0.2, 0) is 17.9 Å². The van der Waals surface area contributed by atoms with E-state index in [-0.39, 0.29) is 5.91 Å². The zero-order valence-electron chi connectivity index (χ0n) is 15.5. The summed E-state index contributed by atoms with van der Waals surface area (Å²) < 4.78 is 0. The Bertz CT molecular complexity index is 951. The Morgan fingerprint density at radius 2 is 1.93 bits per heavy atom. The third kappa shape index (κ3) is 3.26. The van der Waals surface area contributed by atoms with Gasteiger partial charge in [0.2, 0.25) is 5.96 Å². The van der Waals surface area contributed by atoms with E-state index >= 15 is 0 Å². The molecule has 0 atom stereocenters. The fourth-order valence-corrected chi connectivity index (χ4v) is 4.95. The van der Waals surface area contributed by atoms with Crippen LogP contribution in [0.1, 0.15) is 17.5 Å². The number of amides is 1. The SMILES string of the molecule is O=C1C2=C(CCN(Cc3ccsc3)C2)N2CCN=C2N1Cc1ccc(Cl)cc1. The lowest BCUT2D eigenvalue weighted by molar-refractivity contribution is -0.125. The van der Waals surface area contributed by atoms with Crippen molar-refractivity contribution in [2.75, 3.05) is 26.2 Å². The lowest BCUT2D eigenvalue weighted by Crippen LogP contribution is -2.53. The van der Waals surface area contributed by atoms with Crippen LogP contribution in [0.25, 0.3) is 0 Å². The Labute approximate surface area is 173 Å². The minimum atomic E-state index is 0.0943. The number of aliphatic imine (C=N–C) groups is 1. The summed E-state index contributed by atoms with van der Waals surface area (Å²) in [6.07, 6.45) is 0.902. The van der Waals surface area contributed by atoms with E-state index in [9.17, 15) is 4.79 Å². The summed E-state index contributed by atoms with van der Waals surface area (Å²) in [5.74, 6) is 0.904. The van der Waals surface area contributed by atoms with Crippen molar-refractivity contribution in [2.45, 2.75) is 19.5 Å². The van der Waals surface area contributed by atoms with Crippen molar-refractivity contribution < 1.29 is 4.79 Å². The molecule has 0 bridgehead atoms. The number of carbonyl (C=O) groups excluding carboxylic acids is 1. The molecule has 0 saturated carbocycles. The van der Waals surface area contributed by atoms with Crippen LogP contribution in [0.2, 0.25) is 5.02 Å². The molecule has 0 spiro atoms. The van der Waals surface area contributed by atoms with Gasteiger partial charge in [-0.15, -0.1) is 0 Å². The van der Waals surface area contributed by atoms with Gasteiger partial charge in [-0.3, -0.25) is 19.6 Å². The first-order valence-corrected chi connectivity index (χ1v) is 10.8. The number of carbonyl (C=O) groups is 1. The van der Waals surface area contributed by atoms with Crippen LogP contribution in [0.15, 0.2) is 57.4 Å². The van der Waals surface area contributed by atoms with E-state index < -0.39 is 0 Å². The predicted octanol–water partition coefficient (Wildman–Crippen LogP) is 3.58. The van der Waals surface area contributed by atoms with E-state index in [2.05, 4.69) is 31.6 Å². The van der Waals surface area contributed by atoms with Gasteiger partial charge < -0.3 is 4.90 Å². The molecular weight excluding hydrogens is 392 g/mol. The highest BCUT2D eigenvalue weighted by Gasteiger charge is 2.40. The highest BCUT2D eigenvalue weighted by Crippen LogP contribution is 2.32. The molecule has 3 aliphatic heterocycles. The number of benzene rings is 1. The number of thiophene rings is 1. The van der Waals surface area contributed by atoms with E-state index in [0.717, 1.165) is 49.7 Å². The molecule has 5 rings (SSSR count). The number of nitrogens with zero attached hydrogens (tertiary/aromatic N) is 4. The molecule has 0 aliphatic carbocycles. The molecule has 3 aliphatic rings. The first kappa shape index (κ1) is 17.9. The van der Waals surface area contributed by atoms with Gasteiger partial charge in [0.05, 0.1) is 18.7 Å². The van der Waals surface area contributed by atoms with Crippen LogP contribution >= 0.6 is 22.9 Å². The average molecular weight is 413 g/mol. The summed E-state index contributed by atoms with van der Waals surface area (Å²) in [7, 11) is 0. The van der Waals surface area contributed by atoms with Crippen LogP contribution in [0, 0.1) is 0 Å². The summed E-state index contributed by atoms with van der Waals surface area (Å²) in [6.45, 7) is 4.70. The first-order valence-electron chi connectivity index (χ1n) is 9.53. The topological polar surface area (TPSA) is 39.2 Å². The highest BCUT2D eigenvalue weighted by atomic mass is 35.5. The molecule has 0 fully saturated rings. The molecule has 28 heavy (non-hydrogen) atoms. The maximum atomic E-state index is 13.4. The molecule has 0 radical (unpaired) electrons. The summed E-state index contributed by atoms with van der Waals surface area (Å²) in [5, 5.41) is 5.00. The van der Waals surface area contributed by atoms with Gasteiger partial charge in [-0.2, -0.15) is 11.3 Å². The van der Waals surface area contributed by atoms with Crippen LogP contribution in [0.4, 0.5) is 0 Å². The molecule has 144 valence electrons. The molecule has 1 amide bonds. The first-order chi connectivity index (χ1) is 13.7. The second kappa shape index (κ2) is 7.35. The molecule has 4 heterocycles. The third-order valence-electron chi connectivity index (χ3n) is 5.52. The van der Waals surface area contributed by atoms with Crippen molar-refractivity contribution in [1.29, 1.82) is 0 Å². The molecule has 2 aromatic rings. The Morgan fingerprint density at radius 1 is 1.07 bits per heavy atom. The van der Waals surface area contributed by atoms with E-state index in [4.69, 9.17) is 11.6 Å². The van der Waals surface area contributed by atoms with Crippen LogP contribution < -0.4 is 0 Å². The summed E-state index contributed by atoms with van der Waals surface area (Å²) in [6, 6.07) is 9.85. The Balaban J connectivity index is 1.41. The number of fused-ring (bicyclic) bond motifs is 2. The lowest BCUT2D eigenvalue weighted by Gasteiger charge is -2.42. The normalized spacial score (nSPS) is 19.8. The monoisotopic (exact) mass is 412 g/mol. The number of halogens is 1. The average Bonchev–Trinajstić information content (AvgIpc) is 3.39. The van der Waals surface area contributed by atoms with Gasteiger partial charge in [-0.05, 0) is 40.1 Å². The lowest BCUT2D eigenvalue weighted by atomic mass is 10.00. The summed E-state index contributed by atoms with van der Waals surface area (Å²) in [5.41, 5.74) is 4.48. The second-order valence-electron chi connectivity index (χ2n) is 7.37. The zero-order valence-corrected chi connectivity index (χ0v) is 17.0. The Kier molecular flexibility index (Phi) is 4.70. The van der Waals surface area contributed by atoms with Crippen molar-refractivity contribution in [2.24, 2.45) is 4.99 Å². The van der Waals surface area contributed by atoms with Crippen molar-refractivity contribution in [3.63, 3.8) is 0 Å². The van der Waals surface area contributed by atoms with E-state index in [1.807, 2.05) is 29.2 Å². The van der Waals surface area contributed by atoms with E-state index in [1.54, 1.807) is 11.3 Å². The van der Waals surface area contributed by atoms with Gasteiger partial charge in [0.1, 0.15) is 0 Å². The fourth-order valence-electron chi connectivity index (χ4n) is 4.16. The molecular formula is C21H21ClN4OS. The van der Waals surface area contributed by atoms with E-state index in [1.165, 1.54) is 11.3 Å². The fraction of sp³-hybridized carbons (Fsp3) is 0.333. The summed E-state index contributed by atoms with van der Waals surface area (Å²) >= 11 is 7.73. The maximum absolute atomic E-state index is 13.4. The number of rotatable bonds is 4. The Hall–Kier alpha value is -2.15.